The monoisotopic (exact) mass is 293 g/mol. The lowest BCUT2D eigenvalue weighted by Crippen LogP contribution is -2.48. The van der Waals surface area contributed by atoms with E-state index in [0.29, 0.717) is 0 Å². The normalized spacial score (nSPS) is 20.9. The molecule has 3 N–H and O–H groups in total. The van der Waals surface area contributed by atoms with Gasteiger partial charge in [-0.15, -0.1) is 0 Å². The fourth-order valence-corrected chi connectivity index (χ4v) is 2.51. The highest BCUT2D eigenvalue weighted by atomic mass is 32.2. The van der Waals surface area contributed by atoms with Crippen molar-refractivity contribution in [2.45, 2.75) is 51.7 Å². The predicted molar refractivity (Wildman–Crippen MR) is 71.9 cm³/mol. The van der Waals surface area contributed by atoms with Crippen molar-refractivity contribution in [1.82, 2.24) is 14.8 Å². The summed E-state index contributed by atoms with van der Waals surface area (Å²) in [6.45, 7) is 6.15. The lowest BCUT2D eigenvalue weighted by molar-refractivity contribution is 0.0569. The summed E-state index contributed by atoms with van der Waals surface area (Å²) >= 11 is 0. The summed E-state index contributed by atoms with van der Waals surface area (Å²) in [5, 5.41) is 3.21. The summed E-state index contributed by atoms with van der Waals surface area (Å²) < 4.78 is 32.3. The fourth-order valence-electron chi connectivity index (χ4n) is 1.75. The molecule has 0 spiro atoms. The molecule has 1 aliphatic rings. The minimum Gasteiger partial charge on any atom is -0.443 e. The van der Waals surface area contributed by atoms with Crippen LogP contribution in [0.1, 0.15) is 40.0 Å². The fraction of sp³-hybridized carbons (Fsp3) is 0.909. The van der Waals surface area contributed by atoms with Crippen LogP contribution in [0.15, 0.2) is 0 Å². The van der Waals surface area contributed by atoms with E-state index in [-0.39, 0.29) is 12.6 Å². The zero-order valence-corrected chi connectivity index (χ0v) is 12.5. The Bertz CT molecular complexity index is 397. The van der Waals surface area contributed by atoms with Crippen LogP contribution >= 0.6 is 0 Å². The highest BCUT2D eigenvalue weighted by molar-refractivity contribution is 7.88. The van der Waals surface area contributed by atoms with Gasteiger partial charge in [0.1, 0.15) is 5.60 Å². The number of carbonyl (C=O) groups is 1. The van der Waals surface area contributed by atoms with Crippen LogP contribution in [0.3, 0.4) is 0 Å². The van der Waals surface area contributed by atoms with E-state index in [2.05, 4.69) is 10.0 Å². The maximum atomic E-state index is 11.6. The Labute approximate surface area is 114 Å². The summed E-state index contributed by atoms with van der Waals surface area (Å²) in [6.07, 6.45) is 2.14. The number of piperidine rings is 1. The maximum absolute atomic E-state index is 11.6. The van der Waals surface area contributed by atoms with Crippen molar-refractivity contribution >= 4 is 16.3 Å². The minimum absolute atomic E-state index is 0.115. The zero-order chi connectivity index (χ0) is 14.5. The van der Waals surface area contributed by atoms with Gasteiger partial charge in [0.05, 0.1) is 0 Å². The molecule has 1 fully saturated rings. The number of hydrogen-bond acceptors (Lipinski definition) is 5. The van der Waals surface area contributed by atoms with E-state index in [1.165, 1.54) is 0 Å². The Morgan fingerprint density at radius 3 is 2.58 bits per heavy atom. The molecule has 112 valence electrons. The highest BCUT2D eigenvalue weighted by Gasteiger charge is 2.22. The standard InChI is InChI=1S/C11H23N3O4S/c1-11(2,3)18-10(15)14-19(16,17)13-8-9-6-4-5-7-12-9/h9,12-13H,4-8H2,1-3H3,(H,14,15). The lowest BCUT2D eigenvalue weighted by atomic mass is 10.1. The molecule has 0 aromatic heterocycles. The van der Waals surface area contributed by atoms with Gasteiger partial charge in [-0.05, 0) is 40.2 Å². The first-order valence-electron chi connectivity index (χ1n) is 6.42. The molecule has 0 aromatic carbocycles. The van der Waals surface area contributed by atoms with Gasteiger partial charge in [-0.2, -0.15) is 13.1 Å². The first-order valence-corrected chi connectivity index (χ1v) is 7.90. The highest BCUT2D eigenvalue weighted by Crippen LogP contribution is 2.07. The number of rotatable bonds is 4. The van der Waals surface area contributed by atoms with Crippen molar-refractivity contribution < 1.29 is 17.9 Å². The Morgan fingerprint density at radius 2 is 2.05 bits per heavy atom. The van der Waals surface area contributed by atoms with Gasteiger partial charge in [0, 0.05) is 12.6 Å². The van der Waals surface area contributed by atoms with Crippen LogP contribution in [0.25, 0.3) is 0 Å². The SMILES string of the molecule is CC(C)(C)OC(=O)NS(=O)(=O)NCC1CCCCN1. The van der Waals surface area contributed by atoms with Gasteiger partial charge in [-0.3, -0.25) is 0 Å². The van der Waals surface area contributed by atoms with E-state index < -0.39 is 21.9 Å². The van der Waals surface area contributed by atoms with Gasteiger partial charge < -0.3 is 10.1 Å². The second kappa shape index (κ2) is 6.53. The van der Waals surface area contributed by atoms with Crippen LogP contribution in [-0.4, -0.2) is 39.2 Å². The summed E-state index contributed by atoms with van der Waals surface area (Å²) in [5.74, 6) is 0. The van der Waals surface area contributed by atoms with Crippen LogP contribution in [0.2, 0.25) is 0 Å². The summed E-state index contributed by atoms with van der Waals surface area (Å²) in [6, 6.07) is 0.115. The second-order valence-corrected chi connectivity index (χ2v) is 7.10. The lowest BCUT2D eigenvalue weighted by Gasteiger charge is -2.24. The smallest absolute Gasteiger partial charge is 0.422 e. The van der Waals surface area contributed by atoms with Crippen molar-refractivity contribution in [2.24, 2.45) is 0 Å². The molecule has 0 bridgehead atoms. The van der Waals surface area contributed by atoms with Crippen molar-refractivity contribution in [1.29, 1.82) is 0 Å². The molecule has 1 amide bonds. The van der Waals surface area contributed by atoms with Crippen molar-refractivity contribution in [2.75, 3.05) is 13.1 Å². The average Bonchev–Trinajstić information content (AvgIpc) is 2.24. The third kappa shape index (κ3) is 7.34. The summed E-state index contributed by atoms with van der Waals surface area (Å²) in [7, 11) is -3.87. The van der Waals surface area contributed by atoms with Crippen LogP contribution in [0.5, 0.6) is 0 Å². The number of carbonyl (C=O) groups excluding carboxylic acids is 1. The molecule has 0 radical (unpaired) electrons. The topological polar surface area (TPSA) is 96.5 Å². The predicted octanol–water partition coefficient (Wildman–Crippen LogP) is 0.488. The number of hydrogen-bond donors (Lipinski definition) is 3. The van der Waals surface area contributed by atoms with Crippen LogP contribution in [0, 0.1) is 0 Å². The third-order valence-corrected chi connectivity index (χ3v) is 3.53. The first-order chi connectivity index (χ1) is 8.68. The Hall–Kier alpha value is -0.860. The Kier molecular flexibility index (Phi) is 5.57. The molecule has 7 nitrogen and oxygen atoms in total. The number of amides is 1. The van der Waals surface area contributed by atoms with Gasteiger partial charge in [-0.1, -0.05) is 6.42 Å². The van der Waals surface area contributed by atoms with Gasteiger partial charge in [-0.25, -0.2) is 9.52 Å². The first kappa shape index (κ1) is 16.2. The molecule has 0 aliphatic carbocycles. The molecular weight excluding hydrogens is 270 g/mol. The molecule has 1 unspecified atom stereocenters. The van der Waals surface area contributed by atoms with E-state index in [9.17, 15) is 13.2 Å². The van der Waals surface area contributed by atoms with Gasteiger partial charge in [0.25, 0.3) is 0 Å². The Balaban J connectivity index is 2.36. The largest absolute Gasteiger partial charge is 0.443 e. The van der Waals surface area contributed by atoms with Crippen molar-refractivity contribution in [3.05, 3.63) is 0 Å². The number of ether oxygens (including phenoxy) is 1. The third-order valence-electron chi connectivity index (χ3n) is 2.55. The van der Waals surface area contributed by atoms with E-state index in [4.69, 9.17) is 4.74 Å². The van der Waals surface area contributed by atoms with E-state index in [1.807, 2.05) is 4.72 Å². The molecule has 1 aliphatic heterocycles. The molecule has 0 saturated carbocycles. The van der Waals surface area contributed by atoms with Gasteiger partial charge >= 0.3 is 16.3 Å². The molecule has 1 rings (SSSR count). The molecule has 1 heterocycles. The molecule has 0 aromatic rings. The second-order valence-electron chi connectivity index (χ2n) is 5.60. The van der Waals surface area contributed by atoms with Gasteiger partial charge in [0.2, 0.25) is 0 Å². The summed E-state index contributed by atoms with van der Waals surface area (Å²) in [5.41, 5.74) is -0.732. The van der Waals surface area contributed by atoms with Crippen molar-refractivity contribution in [3.63, 3.8) is 0 Å². The maximum Gasteiger partial charge on any atom is 0.422 e. The quantitative estimate of drug-likeness (QED) is 0.701. The zero-order valence-electron chi connectivity index (χ0n) is 11.7. The Morgan fingerprint density at radius 1 is 1.37 bits per heavy atom. The average molecular weight is 293 g/mol. The minimum atomic E-state index is -3.87. The number of nitrogens with one attached hydrogen (secondary N) is 3. The summed E-state index contributed by atoms with van der Waals surface area (Å²) in [4.78, 5) is 11.4. The van der Waals surface area contributed by atoms with E-state index in [1.54, 1.807) is 20.8 Å². The molecule has 8 heteroatoms. The molecule has 1 atom stereocenters. The van der Waals surface area contributed by atoms with E-state index >= 15 is 0 Å². The van der Waals surface area contributed by atoms with Crippen molar-refractivity contribution in [3.8, 4) is 0 Å². The van der Waals surface area contributed by atoms with Crippen LogP contribution in [-0.2, 0) is 14.9 Å². The van der Waals surface area contributed by atoms with E-state index in [0.717, 1.165) is 25.8 Å². The molecule has 1 saturated heterocycles. The molecular formula is C11H23N3O4S. The molecule has 19 heavy (non-hydrogen) atoms. The van der Waals surface area contributed by atoms with Crippen LogP contribution < -0.4 is 14.8 Å². The van der Waals surface area contributed by atoms with Crippen LogP contribution in [0.4, 0.5) is 4.79 Å². The van der Waals surface area contributed by atoms with Gasteiger partial charge in [0.15, 0.2) is 0 Å².